The van der Waals surface area contributed by atoms with Crippen LogP contribution in [0.3, 0.4) is 0 Å². The Morgan fingerprint density at radius 1 is 1.19 bits per heavy atom. The fraction of sp³-hybridized carbons (Fsp3) is 0.333. The first-order valence-corrected chi connectivity index (χ1v) is 7.09. The Morgan fingerprint density at radius 3 is 2.24 bits per heavy atom. The molecular formula is C15H15BrO5. The molecule has 1 aromatic rings. The van der Waals surface area contributed by atoms with Gasteiger partial charge in [-0.2, -0.15) is 0 Å². The van der Waals surface area contributed by atoms with Crippen LogP contribution >= 0.6 is 15.9 Å². The monoisotopic (exact) mass is 354 g/mol. The molecule has 0 amide bonds. The van der Waals surface area contributed by atoms with Gasteiger partial charge in [0.1, 0.15) is 11.3 Å². The number of carbonyl (C=O) groups is 2. The van der Waals surface area contributed by atoms with E-state index in [2.05, 4.69) is 15.9 Å². The van der Waals surface area contributed by atoms with Crippen molar-refractivity contribution in [3.63, 3.8) is 0 Å². The molecule has 5 nitrogen and oxygen atoms in total. The summed E-state index contributed by atoms with van der Waals surface area (Å²) in [6.45, 7) is 6.44. The number of benzene rings is 1. The van der Waals surface area contributed by atoms with E-state index in [4.69, 9.17) is 9.47 Å². The average molecular weight is 355 g/mol. The largest absolute Gasteiger partial charge is 0.507 e. The van der Waals surface area contributed by atoms with Crippen molar-refractivity contribution in [2.24, 2.45) is 0 Å². The number of aryl methyl sites for hydroxylation is 1. The van der Waals surface area contributed by atoms with Crippen LogP contribution in [0.2, 0.25) is 0 Å². The molecule has 0 radical (unpaired) electrons. The summed E-state index contributed by atoms with van der Waals surface area (Å²) in [7, 11) is 0. The molecule has 0 bridgehead atoms. The molecule has 21 heavy (non-hydrogen) atoms. The van der Waals surface area contributed by atoms with Crippen molar-refractivity contribution in [2.75, 3.05) is 0 Å². The van der Waals surface area contributed by atoms with Crippen molar-refractivity contribution in [2.45, 2.75) is 33.5 Å². The summed E-state index contributed by atoms with van der Waals surface area (Å²) < 4.78 is 10.8. The van der Waals surface area contributed by atoms with E-state index in [0.717, 1.165) is 4.47 Å². The van der Waals surface area contributed by atoms with E-state index in [1.54, 1.807) is 19.9 Å². The van der Waals surface area contributed by atoms with Gasteiger partial charge in [-0.15, -0.1) is 0 Å². The predicted molar refractivity (Wildman–Crippen MR) is 79.5 cm³/mol. The van der Waals surface area contributed by atoms with Crippen LogP contribution in [0.1, 0.15) is 30.5 Å². The third-order valence-electron chi connectivity index (χ3n) is 3.14. The second-order valence-corrected chi connectivity index (χ2v) is 6.15. The molecule has 0 aromatic heterocycles. The first-order chi connectivity index (χ1) is 9.62. The average Bonchev–Trinajstić information content (AvgIpc) is 2.33. The molecule has 6 heteroatoms. The number of aromatic hydroxyl groups is 1. The lowest BCUT2D eigenvalue weighted by Gasteiger charge is -2.29. The minimum atomic E-state index is -1.28. The minimum absolute atomic E-state index is 0.00799. The van der Waals surface area contributed by atoms with Crippen LogP contribution in [0.5, 0.6) is 5.75 Å². The van der Waals surface area contributed by atoms with Crippen LogP contribution in [-0.4, -0.2) is 22.8 Å². The predicted octanol–water partition coefficient (Wildman–Crippen LogP) is 2.99. The fourth-order valence-corrected chi connectivity index (χ4v) is 2.54. The number of halogens is 1. The normalized spacial score (nSPS) is 17.3. The van der Waals surface area contributed by atoms with Gasteiger partial charge < -0.3 is 14.6 Å². The molecule has 1 heterocycles. The van der Waals surface area contributed by atoms with E-state index in [-0.39, 0.29) is 11.3 Å². The molecule has 0 unspecified atom stereocenters. The van der Waals surface area contributed by atoms with Gasteiger partial charge >= 0.3 is 11.9 Å². The van der Waals surface area contributed by atoms with E-state index in [1.165, 1.54) is 19.9 Å². The van der Waals surface area contributed by atoms with Gasteiger partial charge in [0.05, 0.1) is 0 Å². The lowest BCUT2D eigenvalue weighted by molar-refractivity contribution is -0.222. The molecule has 0 atom stereocenters. The molecule has 112 valence electrons. The summed E-state index contributed by atoms with van der Waals surface area (Å²) in [4.78, 5) is 23.9. The molecule has 1 aliphatic heterocycles. The SMILES string of the molecule is Cc1cc(Br)c(C)c(C=C2C(=O)OC(C)(C)OC2=O)c1O. The smallest absolute Gasteiger partial charge is 0.348 e. The summed E-state index contributed by atoms with van der Waals surface area (Å²) >= 11 is 3.37. The van der Waals surface area contributed by atoms with Crippen molar-refractivity contribution in [3.05, 3.63) is 32.8 Å². The van der Waals surface area contributed by atoms with E-state index in [1.807, 2.05) is 0 Å². The van der Waals surface area contributed by atoms with Crippen LogP contribution in [0, 0.1) is 13.8 Å². The van der Waals surface area contributed by atoms with Crippen molar-refractivity contribution in [1.29, 1.82) is 0 Å². The van der Waals surface area contributed by atoms with E-state index < -0.39 is 17.7 Å². The number of carbonyl (C=O) groups excluding carboxylic acids is 2. The molecular weight excluding hydrogens is 340 g/mol. The van der Waals surface area contributed by atoms with Gasteiger partial charge in [-0.25, -0.2) is 9.59 Å². The molecule has 1 fully saturated rings. The number of ether oxygens (including phenoxy) is 2. The molecule has 2 rings (SSSR count). The third-order valence-corrected chi connectivity index (χ3v) is 3.96. The number of cyclic esters (lactones) is 2. The van der Waals surface area contributed by atoms with Crippen molar-refractivity contribution < 1.29 is 24.2 Å². The molecule has 1 aliphatic rings. The van der Waals surface area contributed by atoms with Crippen LogP contribution in [0.15, 0.2) is 16.1 Å². The molecule has 1 saturated heterocycles. The Labute approximate surface area is 130 Å². The highest BCUT2D eigenvalue weighted by Crippen LogP contribution is 2.34. The van der Waals surface area contributed by atoms with Crippen LogP contribution < -0.4 is 0 Å². The molecule has 0 aliphatic carbocycles. The molecule has 0 saturated carbocycles. The highest BCUT2D eigenvalue weighted by Gasteiger charge is 2.39. The van der Waals surface area contributed by atoms with Crippen LogP contribution in [0.25, 0.3) is 6.08 Å². The standard InChI is InChI=1S/C15H15BrO5/c1-7-5-11(16)8(2)9(12(7)17)6-10-13(18)20-15(3,4)21-14(10)19/h5-6,17H,1-4H3. The zero-order valence-corrected chi connectivity index (χ0v) is 13.7. The topological polar surface area (TPSA) is 72.8 Å². The Hall–Kier alpha value is -1.82. The van der Waals surface area contributed by atoms with Gasteiger partial charge in [-0.1, -0.05) is 15.9 Å². The second-order valence-electron chi connectivity index (χ2n) is 5.30. The highest BCUT2D eigenvalue weighted by molar-refractivity contribution is 9.10. The third kappa shape index (κ3) is 2.95. The highest BCUT2D eigenvalue weighted by atomic mass is 79.9. The molecule has 1 aromatic carbocycles. The number of rotatable bonds is 1. The minimum Gasteiger partial charge on any atom is -0.507 e. The van der Waals surface area contributed by atoms with Gasteiger partial charge in [0, 0.05) is 23.9 Å². The maximum absolute atomic E-state index is 11.9. The van der Waals surface area contributed by atoms with E-state index in [9.17, 15) is 14.7 Å². The lowest BCUT2D eigenvalue weighted by atomic mass is 10.0. The summed E-state index contributed by atoms with van der Waals surface area (Å²) in [5, 5.41) is 10.1. The molecule has 0 spiro atoms. The summed E-state index contributed by atoms with van der Waals surface area (Å²) in [6.07, 6.45) is 1.29. The number of phenolic OH excluding ortho intramolecular Hbond substituents is 1. The molecule has 1 N–H and O–H groups in total. The van der Waals surface area contributed by atoms with Crippen molar-refractivity contribution >= 4 is 33.9 Å². The number of hydrogen-bond acceptors (Lipinski definition) is 5. The number of phenols is 1. The van der Waals surface area contributed by atoms with E-state index >= 15 is 0 Å². The maximum Gasteiger partial charge on any atom is 0.348 e. The zero-order valence-electron chi connectivity index (χ0n) is 12.1. The Kier molecular flexibility index (Phi) is 3.84. The first kappa shape index (κ1) is 15.6. The number of esters is 2. The van der Waals surface area contributed by atoms with Gasteiger partial charge in [0.2, 0.25) is 0 Å². The van der Waals surface area contributed by atoms with Gasteiger partial charge in [0.25, 0.3) is 5.79 Å². The first-order valence-electron chi connectivity index (χ1n) is 6.29. The van der Waals surface area contributed by atoms with Gasteiger partial charge in [0.15, 0.2) is 0 Å². The Bertz CT molecular complexity index is 625. The van der Waals surface area contributed by atoms with Gasteiger partial charge in [-0.3, -0.25) is 0 Å². The number of hydrogen-bond donors (Lipinski definition) is 1. The summed E-state index contributed by atoms with van der Waals surface area (Å²) in [5.74, 6) is -2.82. The second kappa shape index (κ2) is 5.18. The van der Waals surface area contributed by atoms with Gasteiger partial charge in [-0.05, 0) is 37.1 Å². The van der Waals surface area contributed by atoms with Crippen molar-refractivity contribution in [3.8, 4) is 5.75 Å². The Balaban J connectivity index is 2.55. The van der Waals surface area contributed by atoms with E-state index in [0.29, 0.717) is 16.7 Å². The van der Waals surface area contributed by atoms with Crippen LogP contribution in [0.4, 0.5) is 0 Å². The fourth-order valence-electron chi connectivity index (χ4n) is 1.98. The summed E-state index contributed by atoms with van der Waals surface area (Å²) in [6, 6.07) is 1.76. The summed E-state index contributed by atoms with van der Waals surface area (Å²) in [5.41, 5.74) is 1.46. The Morgan fingerprint density at radius 2 is 1.71 bits per heavy atom. The quantitative estimate of drug-likeness (QED) is 0.476. The zero-order chi connectivity index (χ0) is 15.9. The van der Waals surface area contributed by atoms with Crippen molar-refractivity contribution in [1.82, 2.24) is 0 Å². The van der Waals surface area contributed by atoms with Crippen LogP contribution in [-0.2, 0) is 19.1 Å². The lowest BCUT2D eigenvalue weighted by Crippen LogP contribution is -2.41. The maximum atomic E-state index is 11.9.